The largest absolute Gasteiger partial charge is 0.398 e. The molecule has 0 unspecified atom stereocenters. The Morgan fingerprint density at radius 2 is 2.10 bits per heavy atom. The summed E-state index contributed by atoms with van der Waals surface area (Å²) >= 11 is 3.45. The predicted molar refractivity (Wildman–Crippen MR) is 80.4 cm³/mol. The summed E-state index contributed by atoms with van der Waals surface area (Å²) in [4.78, 5) is 4.26. The zero-order valence-corrected chi connectivity index (χ0v) is 12.6. The van der Waals surface area contributed by atoms with Gasteiger partial charge in [-0.1, -0.05) is 0 Å². The summed E-state index contributed by atoms with van der Waals surface area (Å²) in [5, 5.41) is 5.08. The van der Waals surface area contributed by atoms with Gasteiger partial charge in [0, 0.05) is 17.3 Å². The highest BCUT2D eigenvalue weighted by Gasteiger charge is 2.18. The quantitative estimate of drug-likeness (QED) is 0.692. The van der Waals surface area contributed by atoms with Gasteiger partial charge >= 0.3 is 0 Å². The van der Waals surface area contributed by atoms with E-state index in [0.29, 0.717) is 22.3 Å². The molecule has 2 aromatic heterocycles. The van der Waals surface area contributed by atoms with Gasteiger partial charge in [0.1, 0.15) is 11.2 Å². The number of hydrogen-bond acceptors (Lipinski definition) is 3. The number of aromatic nitrogens is 3. The maximum atomic E-state index is 14.4. The van der Waals surface area contributed by atoms with Crippen molar-refractivity contribution in [2.45, 2.75) is 13.8 Å². The highest BCUT2D eigenvalue weighted by atomic mass is 79.9. The Bertz CT molecular complexity index is 826. The fourth-order valence-corrected chi connectivity index (χ4v) is 2.51. The Kier molecular flexibility index (Phi) is 2.97. The number of benzene rings is 1. The van der Waals surface area contributed by atoms with Crippen molar-refractivity contribution in [3.8, 4) is 5.69 Å². The van der Waals surface area contributed by atoms with Crippen LogP contribution in [0.15, 0.2) is 28.9 Å². The first-order valence-electron chi connectivity index (χ1n) is 6.05. The van der Waals surface area contributed by atoms with E-state index in [4.69, 9.17) is 5.73 Å². The standard InChI is InChI=1S/C14H12BrFN4/c1-7-12(15)8(2)20(19-7)14-10(16)6-11(17)9-4-3-5-18-13(9)14/h3-6H,17H2,1-2H3. The summed E-state index contributed by atoms with van der Waals surface area (Å²) in [7, 11) is 0. The molecular weight excluding hydrogens is 323 g/mol. The molecule has 0 radical (unpaired) electrons. The lowest BCUT2D eigenvalue weighted by atomic mass is 10.1. The molecule has 3 aromatic rings. The summed E-state index contributed by atoms with van der Waals surface area (Å²) in [5.41, 5.74) is 8.66. The van der Waals surface area contributed by atoms with E-state index in [-0.39, 0.29) is 0 Å². The maximum Gasteiger partial charge on any atom is 0.153 e. The minimum Gasteiger partial charge on any atom is -0.398 e. The van der Waals surface area contributed by atoms with Gasteiger partial charge in [-0.2, -0.15) is 5.10 Å². The van der Waals surface area contributed by atoms with E-state index in [2.05, 4.69) is 26.0 Å². The third kappa shape index (κ3) is 1.79. The minimum atomic E-state index is -0.438. The first-order chi connectivity index (χ1) is 9.50. The number of anilines is 1. The number of nitrogens with two attached hydrogens (primary N) is 1. The zero-order valence-electron chi connectivity index (χ0n) is 11.0. The molecule has 102 valence electrons. The predicted octanol–water partition coefficient (Wildman–Crippen LogP) is 3.52. The number of fused-ring (bicyclic) bond motifs is 1. The van der Waals surface area contributed by atoms with Crippen LogP contribution in [0.25, 0.3) is 16.6 Å². The third-order valence-electron chi connectivity index (χ3n) is 3.27. The Labute approximate surface area is 123 Å². The van der Waals surface area contributed by atoms with Crippen molar-refractivity contribution < 1.29 is 4.39 Å². The van der Waals surface area contributed by atoms with Gasteiger partial charge in [-0.3, -0.25) is 4.98 Å². The van der Waals surface area contributed by atoms with Crippen molar-refractivity contribution in [2.24, 2.45) is 0 Å². The molecule has 0 saturated heterocycles. The van der Waals surface area contributed by atoms with E-state index in [9.17, 15) is 4.39 Å². The van der Waals surface area contributed by atoms with Crippen LogP contribution in [0.5, 0.6) is 0 Å². The molecule has 0 atom stereocenters. The van der Waals surface area contributed by atoms with Crippen molar-refractivity contribution in [2.75, 3.05) is 5.73 Å². The second kappa shape index (κ2) is 4.56. The summed E-state index contributed by atoms with van der Waals surface area (Å²) in [6.45, 7) is 3.73. The Morgan fingerprint density at radius 1 is 1.35 bits per heavy atom. The highest BCUT2D eigenvalue weighted by molar-refractivity contribution is 9.10. The van der Waals surface area contributed by atoms with Crippen molar-refractivity contribution in [1.29, 1.82) is 0 Å². The average molecular weight is 335 g/mol. The third-order valence-corrected chi connectivity index (χ3v) is 4.41. The first-order valence-corrected chi connectivity index (χ1v) is 6.84. The Morgan fingerprint density at radius 3 is 2.75 bits per heavy atom. The van der Waals surface area contributed by atoms with Crippen LogP contribution in [0, 0.1) is 19.7 Å². The molecule has 0 spiro atoms. The second-order valence-corrected chi connectivity index (χ2v) is 5.39. The number of nitrogen functional groups attached to an aromatic ring is 1. The van der Waals surface area contributed by atoms with Gasteiger partial charge in [0.15, 0.2) is 5.82 Å². The molecule has 0 aliphatic rings. The van der Waals surface area contributed by atoms with Crippen LogP contribution >= 0.6 is 15.9 Å². The lowest BCUT2D eigenvalue weighted by Crippen LogP contribution is -2.05. The number of pyridine rings is 1. The van der Waals surface area contributed by atoms with Gasteiger partial charge < -0.3 is 5.73 Å². The van der Waals surface area contributed by atoms with E-state index in [1.54, 1.807) is 16.9 Å². The van der Waals surface area contributed by atoms with Gasteiger partial charge in [0.05, 0.1) is 15.9 Å². The van der Waals surface area contributed by atoms with E-state index < -0.39 is 5.82 Å². The Balaban J connectivity index is 2.44. The molecule has 1 aromatic carbocycles. The minimum absolute atomic E-state index is 0.320. The molecule has 0 aliphatic heterocycles. The normalized spacial score (nSPS) is 11.2. The monoisotopic (exact) mass is 334 g/mol. The summed E-state index contributed by atoms with van der Waals surface area (Å²) < 4.78 is 16.8. The smallest absolute Gasteiger partial charge is 0.153 e. The van der Waals surface area contributed by atoms with E-state index >= 15 is 0 Å². The van der Waals surface area contributed by atoms with Gasteiger partial charge in [0.25, 0.3) is 0 Å². The number of nitrogens with zero attached hydrogens (tertiary/aromatic N) is 3. The van der Waals surface area contributed by atoms with E-state index in [1.165, 1.54) is 6.07 Å². The molecular formula is C14H12BrFN4. The van der Waals surface area contributed by atoms with E-state index in [0.717, 1.165) is 15.9 Å². The highest BCUT2D eigenvalue weighted by Crippen LogP contribution is 2.31. The summed E-state index contributed by atoms with van der Waals surface area (Å²) in [6, 6.07) is 4.91. The maximum absolute atomic E-state index is 14.4. The second-order valence-electron chi connectivity index (χ2n) is 4.59. The van der Waals surface area contributed by atoms with Gasteiger partial charge in [-0.25, -0.2) is 9.07 Å². The van der Waals surface area contributed by atoms with E-state index in [1.807, 2.05) is 19.9 Å². The molecule has 6 heteroatoms. The molecule has 0 aliphatic carbocycles. The lowest BCUT2D eigenvalue weighted by molar-refractivity contribution is 0.611. The zero-order chi connectivity index (χ0) is 14.4. The van der Waals surface area contributed by atoms with Crippen LogP contribution in [-0.2, 0) is 0 Å². The summed E-state index contributed by atoms with van der Waals surface area (Å²) in [6.07, 6.45) is 1.62. The molecule has 20 heavy (non-hydrogen) atoms. The topological polar surface area (TPSA) is 56.7 Å². The average Bonchev–Trinajstić information content (AvgIpc) is 2.67. The van der Waals surface area contributed by atoms with Crippen molar-refractivity contribution in [1.82, 2.24) is 14.8 Å². The fraction of sp³-hybridized carbons (Fsp3) is 0.143. The van der Waals surface area contributed by atoms with Crippen molar-refractivity contribution >= 4 is 32.5 Å². The molecule has 0 fully saturated rings. The van der Waals surface area contributed by atoms with Crippen LogP contribution in [-0.4, -0.2) is 14.8 Å². The lowest BCUT2D eigenvalue weighted by Gasteiger charge is -2.11. The molecule has 4 nitrogen and oxygen atoms in total. The van der Waals surface area contributed by atoms with Crippen LogP contribution in [0.1, 0.15) is 11.4 Å². The van der Waals surface area contributed by atoms with Crippen LogP contribution in [0.4, 0.5) is 10.1 Å². The van der Waals surface area contributed by atoms with Crippen molar-refractivity contribution in [3.63, 3.8) is 0 Å². The molecule has 0 bridgehead atoms. The molecule has 3 rings (SSSR count). The van der Waals surface area contributed by atoms with Crippen LogP contribution in [0.3, 0.4) is 0 Å². The van der Waals surface area contributed by atoms with Gasteiger partial charge in [-0.15, -0.1) is 0 Å². The molecule has 2 N–H and O–H groups in total. The Hall–Kier alpha value is -1.95. The molecule has 2 heterocycles. The first kappa shape index (κ1) is 13.1. The summed E-state index contributed by atoms with van der Waals surface area (Å²) in [5.74, 6) is -0.438. The number of halogens is 2. The van der Waals surface area contributed by atoms with Crippen molar-refractivity contribution in [3.05, 3.63) is 46.1 Å². The van der Waals surface area contributed by atoms with Crippen LogP contribution < -0.4 is 5.73 Å². The molecule has 0 saturated carbocycles. The number of aryl methyl sites for hydroxylation is 1. The van der Waals surface area contributed by atoms with Gasteiger partial charge in [0.2, 0.25) is 0 Å². The SMILES string of the molecule is Cc1nn(-c2c(F)cc(N)c3cccnc23)c(C)c1Br. The number of hydrogen-bond donors (Lipinski definition) is 1. The van der Waals surface area contributed by atoms with Gasteiger partial charge in [-0.05, 0) is 48.0 Å². The number of rotatable bonds is 1. The van der Waals surface area contributed by atoms with Crippen LogP contribution in [0.2, 0.25) is 0 Å². The molecule has 0 amide bonds. The fourth-order valence-electron chi connectivity index (χ4n) is 2.27.